The van der Waals surface area contributed by atoms with Crippen LogP contribution in [0.5, 0.6) is 0 Å². The summed E-state index contributed by atoms with van der Waals surface area (Å²) in [4.78, 5) is 13.6. The Morgan fingerprint density at radius 3 is 2.83 bits per heavy atom. The van der Waals surface area contributed by atoms with E-state index in [-0.39, 0.29) is 11.6 Å². The SMILES string of the molecule is COC(=O)c1ccc(CSc2nnc(N3CCOCC3)n2-c2cccc(F)c2)o1. The average molecular weight is 418 g/mol. The molecule has 0 aliphatic carbocycles. The maximum atomic E-state index is 13.9. The summed E-state index contributed by atoms with van der Waals surface area (Å²) in [5.74, 6) is 0.928. The molecule has 0 bridgehead atoms. The number of furan rings is 1. The third-order valence-electron chi connectivity index (χ3n) is 4.37. The maximum absolute atomic E-state index is 13.9. The number of benzene rings is 1. The number of rotatable bonds is 6. The molecule has 29 heavy (non-hydrogen) atoms. The highest BCUT2D eigenvalue weighted by molar-refractivity contribution is 7.98. The molecule has 4 rings (SSSR count). The second-order valence-electron chi connectivity index (χ2n) is 6.24. The Bertz CT molecular complexity index is 1000. The smallest absolute Gasteiger partial charge is 0.373 e. The third kappa shape index (κ3) is 4.28. The Hall–Kier alpha value is -2.85. The Kier molecular flexibility index (Phi) is 5.81. The van der Waals surface area contributed by atoms with Crippen molar-refractivity contribution >= 4 is 23.7 Å². The largest absolute Gasteiger partial charge is 0.463 e. The summed E-state index contributed by atoms with van der Waals surface area (Å²) < 4.78 is 31.3. The molecule has 0 atom stereocenters. The molecule has 3 heterocycles. The Balaban J connectivity index is 1.61. The number of thioether (sulfide) groups is 1. The van der Waals surface area contributed by atoms with E-state index in [0.717, 1.165) is 0 Å². The molecular formula is C19H19FN4O4S. The van der Waals surface area contributed by atoms with E-state index in [2.05, 4.69) is 19.8 Å². The molecule has 152 valence electrons. The fourth-order valence-corrected chi connectivity index (χ4v) is 3.81. The van der Waals surface area contributed by atoms with Crippen molar-refractivity contribution in [2.45, 2.75) is 10.9 Å². The standard InChI is InChI=1S/C19H19FN4O4S/c1-26-17(25)16-6-5-15(28-16)12-29-19-22-21-18(23-7-9-27-10-8-23)24(19)14-4-2-3-13(20)11-14/h2-6,11H,7-10,12H2,1H3. The number of halogens is 1. The molecule has 2 aromatic heterocycles. The summed E-state index contributed by atoms with van der Waals surface area (Å²) in [7, 11) is 1.30. The van der Waals surface area contributed by atoms with Gasteiger partial charge in [-0.3, -0.25) is 4.57 Å². The van der Waals surface area contributed by atoms with Crippen molar-refractivity contribution in [2.75, 3.05) is 38.3 Å². The quantitative estimate of drug-likeness (QED) is 0.446. The highest BCUT2D eigenvalue weighted by atomic mass is 32.2. The van der Waals surface area contributed by atoms with Crippen molar-refractivity contribution < 1.29 is 23.1 Å². The van der Waals surface area contributed by atoms with Gasteiger partial charge in [-0.1, -0.05) is 17.8 Å². The van der Waals surface area contributed by atoms with E-state index in [0.29, 0.717) is 54.6 Å². The van der Waals surface area contributed by atoms with Gasteiger partial charge < -0.3 is 18.8 Å². The number of hydrogen-bond acceptors (Lipinski definition) is 8. The zero-order chi connectivity index (χ0) is 20.2. The molecule has 1 fully saturated rings. The molecular weight excluding hydrogens is 399 g/mol. The monoisotopic (exact) mass is 418 g/mol. The van der Waals surface area contributed by atoms with Gasteiger partial charge in [0.15, 0.2) is 5.16 Å². The maximum Gasteiger partial charge on any atom is 0.373 e. The van der Waals surface area contributed by atoms with Crippen LogP contribution in [0.1, 0.15) is 16.3 Å². The fourth-order valence-electron chi connectivity index (χ4n) is 2.97. The van der Waals surface area contributed by atoms with Crippen molar-refractivity contribution in [3.05, 3.63) is 53.7 Å². The molecule has 8 nitrogen and oxygen atoms in total. The topological polar surface area (TPSA) is 82.6 Å². The first-order chi connectivity index (χ1) is 14.2. The summed E-state index contributed by atoms with van der Waals surface area (Å²) >= 11 is 1.38. The third-order valence-corrected chi connectivity index (χ3v) is 5.32. The number of morpholine rings is 1. The van der Waals surface area contributed by atoms with Gasteiger partial charge in [-0.15, -0.1) is 10.2 Å². The van der Waals surface area contributed by atoms with E-state index in [1.165, 1.54) is 31.0 Å². The summed E-state index contributed by atoms with van der Waals surface area (Å²) in [6.07, 6.45) is 0. The first-order valence-corrected chi connectivity index (χ1v) is 9.98. The number of ether oxygens (including phenoxy) is 2. The number of esters is 1. The van der Waals surface area contributed by atoms with Crippen LogP contribution in [0, 0.1) is 5.82 Å². The van der Waals surface area contributed by atoms with Gasteiger partial charge in [-0.05, 0) is 30.3 Å². The molecule has 1 aliphatic heterocycles. The van der Waals surface area contributed by atoms with Crippen molar-refractivity contribution in [1.82, 2.24) is 14.8 Å². The van der Waals surface area contributed by atoms with Gasteiger partial charge >= 0.3 is 5.97 Å². The lowest BCUT2D eigenvalue weighted by molar-refractivity contribution is 0.0563. The second kappa shape index (κ2) is 8.66. The molecule has 0 unspecified atom stereocenters. The average Bonchev–Trinajstić information content (AvgIpc) is 3.39. The Morgan fingerprint density at radius 1 is 1.24 bits per heavy atom. The zero-order valence-corrected chi connectivity index (χ0v) is 16.5. The van der Waals surface area contributed by atoms with Crippen LogP contribution in [0.4, 0.5) is 10.3 Å². The van der Waals surface area contributed by atoms with Gasteiger partial charge in [0.1, 0.15) is 11.6 Å². The van der Waals surface area contributed by atoms with Gasteiger partial charge in [0, 0.05) is 13.1 Å². The number of nitrogens with zero attached hydrogens (tertiary/aromatic N) is 4. The molecule has 0 N–H and O–H groups in total. The van der Waals surface area contributed by atoms with E-state index in [1.807, 2.05) is 10.6 Å². The van der Waals surface area contributed by atoms with Gasteiger partial charge in [-0.25, -0.2) is 9.18 Å². The van der Waals surface area contributed by atoms with Crippen molar-refractivity contribution in [1.29, 1.82) is 0 Å². The minimum absolute atomic E-state index is 0.142. The van der Waals surface area contributed by atoms with Crippen LogP contribution >= 0.6 is 11.8 Å². The number of methoxy groups -OCH3 is 1. The van der Waals surface area contributed by atoms with Gasteiger partial charge in [0.2, 0.25) is 11.7 Å². The number of aromatic nitrogens is 3. The van der Waals surface area contributed by atoms with Crippen LogP contribution in [0.15, 0.2) is 46.0 Å². The number of carbonyl (C=O) groups is 1. The summed E-state index contributed by atoms with van der Waals surface area (Å²) in [6.45, 7) is 2.56. The molecule has 0 spiro atoms. The molecule has 3 aromatic rings. The molecule has 0 radical (unpaired) electrons. The molecule has 1 aliphatic rings. The summed E-state index contributed by atoms with van der Waals surface area (Å²) in [5.41, 5.74) is 0.633. The summed E-state index contributed by atoms with van der Waals surface area (Å²) in [6, 6.07) is 9.58. The van der Waals surface area contributed by atoms with Crippen LogP contribution < -0.4 is 4.90 Å². The van der Waals surface area contributed by atoms with Crippen LogP contribution in [0.3, 0.4) is 0 Å². The first kappa shape index (κ1) is 19.5. The fraction of sp³-hybridized carbons (Fsp3) is 0.316. The van der Waals surface area contributed by atoms with Gasteiger partial charge in [-0.2, -0.15) is 0 Å². The predicted octanol–water partition coefficient (Wildman–Crippen LogP) is 2.91. The predicted molar refractivity (Wildman–Crippen MR) is 104 cm³/mol. The van der Waals surface area contributed by atoms with Crippen molar-refractivity contribution in [2.24, 2.45) is 0 Å². The molecule has 1 saturated heterocycles. The van der Waals surface area contributed by atoms with Gasteiger partial charge in [0.05, 0.1) is 31.8 Å². The van der Waals surface area contributed by atoms with E-state index < -0.39 is 5.97 Å². The normalized spacial score (nSPS) is 14.2. The van der Waals surface area contributed by atoms with Crippen LogP contribution in [-0.4, -0.2) is 54.1 Å². The van der Waals surface area contributed by atoms with E-state index in [9.17, 15) is 9.18 Å². The Labute approximate surface area is 170 Å². The molecule has 0 amide bonds. The lowest BCUT2D eigenvalue weighted by Gasteiger charge is -2.27. The highest BCUT2D eigenvalue weighted by Crippen LogP contribution is 2.30. The van der Waals surface area contributed by atoms with Crippen molar-refractivity contribution in [3.63, 3.8) is 0 Å². The first-order valence-electron chi connectivity index (χ1n) is 8.99. The minimum Gasteiger partial charge on any atom is -0.463 e. The molecule has 1 aromatic carbocycles. The van der Waals surface area contributed by atoms with E-state index in [1.54, 1.807) is 18.2 Å². The lowest BCUT2D eigenvalue weighted by Crippen LogP contribution is -2.37. The minimum atomic E-state index is -0.529. The second-order valence-corrected chi connectivity index (χ2v) is 7.19. The van der Waals surface area contributed by atoms with E-state index in [4.69, 9.17) is 9.15 Å². The van der Waals surface area contributed by atoms with Crippen LogP contribution in [0.25, 0.3) is 5.69 Å². The number of carbonyl (C=O) groups excluding carboxylic acids is 1. The number of hydrogen-bond donors (Lipinski definition) is 0. The van der Waals surface area contributed by atoms with Crippen LogP contribution in [-0.2, 0) is 15.2 Å². The van der Waals surface area contributed by atoms with E-state index >= 15 is 0 Å². The molecule has 10 heteroatoms. The molecule has 0 saturated carbocycles. The number of anilines is 1. The van der Waals surface area contributed by atoms with Crippen LogP contribution in [0.2, 0.25) is 0 Å². The summed E-state index contributed by atoms with van der Waals surface area (Å²) in [5, 5.41) is 9.24. The lowest BCUT2D eigenvalue weighted by atomic mass is 10.3. The van der Waals surface area contributed by atoms with Crippen molar-refractivity contribution in [3.8, 4) is 5.69 Å². The van der Waals surface area contributed by atoms with Gasteiger partial charge in [0.25, 0.3) is 0 Å². The Morgan fingerprint density at radius 2 is 2.07 bits per heavy atom. The highest BCUT2D eigenvalue weighted by Gasteiger charge is 2.22. The zero-order valence-electron chi connectivity index (χ0n) is 15.7.